The average molecular weight is 390 g/mol. The molecule has 1 aromatic carbocycles. The van der Waals surface area contributed by atoms with Gasteiger partial charge in [-0.2, -0.15) is 0 Å². The molecule has 1 unspecified atom stereocenters. The van der Waals surface area contributed by atoms with Crippen LogP contribution < -0.4 is 10.1 Å². The molecule has 2 amide bonds. The molecular formula is C22H31FN2O3. The van der Waals surface area contributed by atoms with Crippen molar-refractivity contribution in [1.82, 2.24) is 10.2 Å². The molecular weight excluding hydrogens is 359 g/mol. The van der Waals surface area contributed by atoms with Crippen LogP contribution in [0.3, 0.4) is 0 Å². The minimum atomic E-state index is -0.293. The first-order valence-electron chi connectivity index (χ1n) is 10.0. The summed E-state index contributed by atoms with van der Waals surface area (Å²) < 4.78 is 19.4. The van der Waals surface area contributed by atoms with Gasteiger partial charge in [0.2, 0.25) is 11.8 Å². The number of rotatable bonds is 7. The van der Waals surface area contributed by atoms with Gasteiger partial charge in [-0.1, -0.05) is 26.5 Å². The fraction of sp³-hybridized carbons (Fsp3) is 0.545. The highest BCUT2D eigenvalue weighted by Gasteiger charge is 2.35. The van der Waals surface area contributed by atoms with E-state index in [-0.39, 0.29) is 36.9 Å². The zero-order valence-corrected chi connectivity index (χ0v) is 16.6. The second kappa shape index (κ2) is 8.76. The van der Waals surface area contributed by atoms with Crippen LogP contribution in [0.2, 0.25) is 0 Å². The van der Waals surface area contributed by atoms with Crippen LogP contribution in [0, 0.1) is 17.7 Å². The molecule has 0 radical (unpaired) electrons. The van der Waals surface area contributed by atoms with Crippen LogP contribution in [0.5, 0.6) is 5.75 Å². The van der Waals surface area contributed by atoms with Gasteiger partial charge in [-0.25, -0.2) is 4.39 Å². The Morgan fingerprint density at radius 3 is 2.86 bits per heavy atom. The predicted octanol–water partition coefficient (Wildman–Crippen LogP) is 3.50. The van der Waals surface area contributed by atoms with Gasteiger partial charge in [0.25, 0.3) is 0 Å². The molecule has 2 aliphatic rings. The Hall–Kier alpha value is -2.37. The van der Waals surface area contributed by atoms with Gasteiger partial charge in [0, 0.05) is 26.6 Å². The van der Waals surface area contributed by atoms with Crippen LogP contribution in [0.15, 0.2) is 30.9 Å². The summed E-state index contributed by atoms with van der Waals surface area (Å²) in [5.74, 6) is 0.711. The second-order valence-corrected chi connectivity index (χ2v) is 8.16. The maximum atomic E-state index is 13.5. The molecule has 0 spiro atoms. The van der Waals surface area contributed by atoms with E-state index in [0.717, 1.165) is 18.4 Å². The lowest BCUT2D eigenvalue weighted by Gasteiger charge is -2.36. The van der Waals surface area contributed by atoms with Crippen LogP contribution in [0.1, 0.15) is 46.0 Å². The SMILES string of the molecule is C=CC(=O)N1CCC(C(=O)NC2CC(COc3cc(F)ccc3C(C)C)C2)C1.[HH]. The first-order valence-corrected chi connectivity index (χ1v) is 10.0. The number of nitrogens with zero attached hydrogens (tertiary/aromatic N) is 1. The van der Waals surface area contributed by atoms with Crippen LogP contribution in [0.25, 0.3) is 0 Å². The zero-order chi connectivity index (χ0) is 20.3. The van der Waals surface area contributed by atoms with Crippen molar-refractivity contribution >= 4 is 11.8 Å². The van der Waals surface area contributed by atoms with E-state index in [1.165, 1.54) is 18.2 Å². The van der Waals surface area contributed by atoms with Gasteiger partial charge < -0.3 is 15.0 Å². The lowest BCUT2D eigenvalue weighted by Crippen LogP contribution is -2.48. The molecule has 1 N–H and O–H groups in total. The monoisotopic (exact) mass is 390 g/mol. The fourth-order valence-electron chi connectivity index (χ4n) is 3.93. The molecule has 1 aliphatic carbocycles. The van der Waals surface area contributed by atoms with E-state index in [0.29, 0.717) is 37.8 Å². The smallest absolute Gasteiger partial charge is 0.245 e. The molecule has 3 rings (SSSR count). The highest BCUT2D eigenvalue weighted by Crippen LogP contribution is 2.32. The topological polar surface area (TPSA) is 58.6 Å². The van der Waals surface area contributed by atoms with E-state index >= 15 is 0 Å². The van der Waals surface area contributed by atoms with Crippen LogP contribution >= 0.6 is 0 Å². The van der Waals surface area contributed by atoms with Gasteiger partial charge in [-0.05, 0) is 48.8 Å². The van der Waals surface area contributed by atoms with Crippen molar-refractivity contribution in [3.05, 3.63) is 42.2 Å². The largest absolute Gasteiger partial charge is 0.493 e. The van der Waals surface area contributed by atoms with E-state index in [1.807, 2.05) is 0 Å². The molecule has 1 saturated heterocycles. The standard InChI is InChI=1S/C22H29FN2O3.H2/c1-4-21(26)25-8-7-16(12-25)22(27)24-18-9-15(10-18)13-28-20-11-17(23)5-6-19(20)14(2)3;/h4-6,11,14-16,18H,1,7-10,12-13H2,2-3H3,(H,24,27);1H. The number of amides is 2. The van der Waals surface area contributed by atoms with Crippen molar-refractivity contribution < 1.29 is 20.1 Å². The quantitative estimate of drug-likeness (QED) is 0.725. The molecule has 1 aliphatic heterocycles. The Morgan fingerprint density at radius 1 is 1.43 bits per heavy atom. The summed E-state index contributed by atoms with van der Waals surface area (Å²) in [5.41, 5.74) is 1.01. The summed E-state index contributed by atoms with van der Waals surface area (Å²) in [5, 5.41) is 3.08. The Labute approximate surface area is 167 Å². The Morgan fingerprint density at radius 2 is 2.18 bits per heavy atom. The third-order valence-electron chi connectivity index (χ3n) is 5.70. The summed E-state index contributed by atoms with van der Waals surface area (Å²) in [6.45, 7) is 9.20. The minimum absolute atomic E-state index is 0. The number of nitrogens with one attached hydrogen (secondary N) is 1. The average Bonchev–Trinajstić information content (AvgIpc) is 3.12. The van der Waals surface area contributed by atoms with E-state index in [2.05, 4.69) is 25.7 Å². The van der Waals surface area contributed by atoms with E-state index in [4.69, 9.17) is 4.74 Å². The van der Waals surface area contributed by atoms with E-state index in [1.54, 1.807) is 11.0 Å². The molecule has 1 atom stereocenters. The highest BCUT2D eigenvalue weighted by atomic mass is 19.1. The second-order valence-electron chi connectivity index (χ2n) is 8.16. The van der Waals surface area contributed by atoms with Crippen LogP contribution in [-0.4, -0.2) is 42.5 Å². The predicted molar refractivity (Wildman–Crippen MR) is 108 cm³/mol. The number of hydrogen-bond donors (Lipinski definition) is 1. The van der Waals surface area contributed by atoms with Crippen molar-refractivity contribution in [1.29, 1.82) is 0 Å². The molecule has 2 fully saturated rings. The molecule has 1 saturated carbocycles. The Bertz CT molecular complexity index is 750. The number of benzene rings is 1. The number of carbonyl (C=O) groups excluding carboxylic acids is 2. The third kappa shape index (κ3) is 4.72. The van der Waals surface area contributed by atoms with Gasteiger partial charge in [-0.15, -0.1) is 0 Å². The summed E-state index contributed by atoms with van der Waals surface area (Å²) >= 11 is 0. The fourth-order valence-corrected chi connectivity index (χ4v) is 3.93. The number of carbonyl (C=O) groups is 2. The summed E-state index contributed by atoms with van der Waals surface area (Å²) in [4.78, 5) is 25.7. The molecule has 5 nitrogen and oxygen atoms in total. The number of ether oxygens (including phenoxy) is 1. The maximum absolute atomic E-state index is 13.5. The summed E-state index contributed by atoms with van der Waals surface area (Å²) in [7, 11) is 0. The number of hydrogen-bond acceptors (Lipinski definition) is 3. The molecule has 1 aromatic rings. The van der Waals surface area contributed by atoms with Crippen molar-refractivity contribution in [3.8, 4) is 5.75 Å². The molecule has 154 valence electrons. The highest BCUT2D eigenvalue weighted by molar-refractivity contribution is 5.88. The molecule has 0 bridgehead atoms. The molecule has 1 heterocycles. The number of halogens is 1. The summed E-state index contributed by atoms with van der Waals surface area (Å²) in [6, 6.07) is 4.84. The summed E-state index contributed by atoms with van der Waals surface area (Å²) in [6.07, 6.45) is 3.71. The van der Waals surface area contributed by atoms with Crippen molar-refractivity contribution in [2.75, 3.05) is 19.7 Å². The van der Waals surface area contributed by atoms with Gasteiger partial charge in [-0.3, -0.25) is 9.59 Å². The van der Waals surface area contributed by atoms with Gasteiger partial charge in [0.15, 0.2) is 0 Å². The van der Waals surface area contributed by atoms with Crippen molar-refractivity contribution in [2.24, 2.45) is 11.8 Å². The lowest BCUT2D eigenvalue weighted by molar-refractivity contribution is -0.127. The first kappa shape index (κ1) is 20.4. The van der Waals surface area contributed by atoms with Gasteiger partial charge in [0.05, 0.1) is 12.5 Å². The van der Waals surface area contributed by atoms with Crippen LogP contribution in [0.4, 0.5) is 4.39 Å². The first-order chi connectivity index (χ1) is 13.4. The van der Waals surface area contributed by atoms with Crippen molar-refractivity contribution in [2.45, 2.75) is 45.1 Å². The molecule has 6 heteroatoms. The molecule has 0 aromatic heterocycles. The molecule has 28 heavy (non-hydrogen) atoms. The Balaban J connectivity index is 0.00000300. The maximum Gasteiger partial charge on any atom is 0.245 e. The van der Waals surface area contributed by atoms with Gasteiger partial charge >= 0.3 is 0 Å². The lowest BCUT2D eigenvalue weighted by atomic mass is 9.80. The van der Waals surface area contributed by atoms with Crippen molar-refractivity contribution in [3.63, 3.8) is 0 Å². The van der Waals surface area contributed by atoms with Gasteiger partial charge in [0.1, 0.15) is 11.6 Å². The zero-order valence-electron chi connectivity index (χ0n) is 16.6. The van der Waals surface area contributed by atoms with E-state index < -0.39 is 0 Å². The minimum Gasteiger partial charge on any atom is -0.493 e. The Kier molecular flexibility index (Phi) is 6.37. The van der Waals surface area contributed by atoms with Crippen LogP contribution in [-0.2, 0) is 9.59 Å². The third-order valence-corrected chi connectivity index (χ3v) is 5.70. The van der Waals surface area contributed by atoms with E-state index in [9.17, 15) is 14.0 Å². The number of likely N-dealkylation sites (tertiary alicyclic amines) is 1. The normalized spacial score (nSPS) is 24.0.